The number of hydrogen-bond donors (Lipinski definition) is 1. The van der Waals surface area contributed by atoms with Crippen molar-refractivity contribution < 1.29 is 14.6 Å². The Balaban J connectivity index is 1.54. The highest BCUT2D eigenvalue weighted by atomic mass is 16.5. The number of carbonyl (C=O) groups is 1. The van der Waals surface area contributed by atoms with Crippen LogP contribution in [0.2, 0.25) is 0 Å². The van der Waals surface area contributed by atoms with Gasteiger partial charge >= 0.3 is 0 Å². The SMILES string of the molecule is O=C(c1cn(-c2ccccc2)nn1)N1CCO[C@H]2C[C@H](CO)C[C@@H]21. The summed E-state index contributed by atoms with van der Waals surface area (Å²) in [6, 6.07) is 9.60. The lowest BCUT2D eigenvalue weighted by Crippen LogP contribution is -2.51. The van der Waals surface area contributed by atoms with Crippen LogP contribution in [0.4, 0.5) is 0 Å². The van der Waals surface area contributed by atoms with E-state index in [0.29, 0.717) is 18.8 Å². The Morgan fingerprint density at radius 3 is 2.92 bits per heavy atom. The number of aliphatic hydroxyl groups is 1. The van der Waals surface area contributed by atoms with Crippen LogP contribution in [0.25, 0.3) is 5.69 Å². The van der Waals surface area contributed by atoms with Crippen LogP contribution < -0.4 is 0 Å². The van der Waals surface area contributed by atoms with Gasteiger partial charge in [-0.15, -0.1) is 5.10 Å². The molecule has 1 N–H and O–H groups in total. The van der Waals surface area contributed by atoms with E-state index in [4.69, 9.17) is 4.74 Å². The summed E-state index contributed by atoms with van der Waals surface area (Å²) >= 11 is 0. The van der Waals surface area contributed by atoms with E-state index in [1.165, 1.54) is 0 Å². The van der Waals surface area contributed by atoms with Gasteiger partial charge in [0.15, 0.2) is 5.69 Å². The van der Waals surface area contributed by atoms with E-state index < -0.39 is 0 Å². The molecule has 0 bridgehead atoms. The zero-order chi connectivity index (χ0) is 16.5. The van der Waals surface area contributed by atoms with E-state index in [0.717, 1.165) is 18.5 Å². The summed E-state index contributed by atoms with van der Waals surface area (Å²) in [5, 5.41) is 17.5. The first-order valence-electron chi connectivity index (χ1n) is 8.27. The first kappa shape index (κ1) is 15.3. The molecule has 7 heteroatoms. The molecule has 2 aromatic rings. The van der Waals surface area contributed by atoms with Gasteiger partial charge in [0, 0.05) is 13.2 Å². The highest BCUT2D eigenvalue weighted by molar-refractivity contribution is 5.92. The maximum absolute atomic E-state index is 12.9. The summed E-state index contributed by atoms with van der Waals surface area (Å²) in [5.74, 6) is 0.0856. The molecule has 3 atom stereocenters. The molecule has 1 aromatic heterocycles. The molecule has 1 saturated carbocycles. The molecule has 2 aliphatic rings. The van der Waals surface area contributed by atoms with Crippen molar-refractivity contribution in [2.75, 3.05) is 19.8 Å². The van der Waals surface area contributed by atoms with Crippen LogP contribution in [0.3, 0.4) is 0 Å². The number of aliphatic hydroxyl groups excluding tert-OH is 1. The topological polar surface area (TPSA) is 80.5 Å². The molecular weight excluding hydrogens is 308 g/mol. The van der Waals surface area contributed by atoms with E-state index >= 15 is 0 Å². The summed E-state index contributed by atoms with van der Waals surface area (Å²) in [6.07, 6.45) is 3.27. The fraction of sp³-hybridized carbons (Fsp3) is 0.471. The van der Waals surface area contributed by atoms with Crippen molar-refractivity contribution in [1.29, 1.82) is 0 Å². The van der Waals surface area contributed by atoms with Gasteiger partial charge in [0.05, 0.1) is 30.6 Å². The highest BCUT2D eigenvalue weighted by Gasteiger charge is 2.43. The van der Waals surface area contributed by atoms with E-state index in [1.54, 1.807) is 10.9 Å². The predicted molar refractivity (Wildman–Crippen MR) is 85.7 cm³/mol. The lowest BCUT2D eigenvalue weighted by Gasteiger charge is -2.37. The average Bonchev–Trinajstić information content (AvgIpc) is 3.28. The number of rotatable bonds is 3. The fourth-order valence-corrected chi connectivity index (χ4v) is 3.67. The van der Waals surface area contributed by atoms with Gasteiger partial charge < -0.3 is 14.7 Å². The Morgan fingerprint density at radius 2 is 2.12 bits per heavy atom. The number of ether oxygens (including phenoxy) is 1. The molecule has 24 heavy (non-hydrogen) atoms. The summed E-state index contributed by atoms with van der Waals surface area (Å²) < 4.78 is 7.39. The Hall–Kier alpha value is -2.25. The Kier molecular flexibility index (Phi) is 4.03. The van der Waals surface area contributed by atoms with Crippen LogP contribution in [0.15, 0.2) is 36.5 Å². The van der Waals surface area contributed by atoms with Gasteiger partial charge in [-0.1, -0.05) is 23.4 Å². The van der Waals surface area contributed by atoms with Crippen LogP contribution in [0.5, 0.6) is 0 Å². The monoisotopic (exact) mass is 328 g/mol. The number of hydrogen-bond acceptors (Lipinski definition) is 5. The van der Waals surface area contributed by atoms with Crippen LogP contribution in [0, 0.1) is 5.92 Å². The third-order valence-electron chi connectivity index (χ3n) is 4.89. The molecular formula is C17H20N4O3. The molecule has 0 unspecified atom stereocenters. The second-order valence-electron chi connectivity index (χ2n) is 6.38. The van der Waals surface area contributed by atoms with E-state index in [2.05, 4.69) is 10.3 Å². The summed E-state index contributed by atoms with van der Waals surface area (Å²) in [5.41, 5.74) is 1.21. The van der Waals surface area contributed by atoms with Crippen LogP contribution in [-0.4, -0.2) is 62.8 Å². The molecule has 1 aromatic carbocycles. The van der Waals surface area contributed by atoms with Gasteiger partial charge in [-0.3, -0.25) is 4.79 Å². The van der Waals surface area contributed by atoms with Gasteiger partial charge in [-0.25, -0.2) is 4.68 Å². The zero-order valence-corrected chi connectivity index (χ0v) is 13.3. The highest BCUT2D eigenvalue weighted by Crippen LogP contribution is 2.34. The number of para-hydroxylation sites is 1. The van der Waals surface area contributed by atoms with E-state index in [9.17, 15) is 9.90 Å². The third kappa shape index (κ3) is 2.70. The minimum absolute atomic E-state index is 0.0176. The molecule has 0 spiro atoms. The molecule has 1 aliphatic carbocycles. The van der Waals surface area contributed by atoms with Gasteiger partial charge in [-0.2, -0.15) is 0 Å². The summed E-state index contributed by atoms with van der Waals surface area (Å²) in [7, 11) is 0. The lowest BCUT2D eigenvalue weighted by atomic mass is 10.1. The Morgan fingerprint density at radius 1 is 1.29 bits per heavy atom. The fourth-order valence-electron chi connectivity index (χ4n) is 3.67. The first-order valence-corrected chi connectivity index (χ1v) is 8.27. The number of benzene rings is 1. The van der Waals surface area contributed by atoms with Gasteiger partial charge in [0.25, 0.3) is 5.91 Å². The molecule has 2 heterocycles. The van der Waals surface area contributed by atoms with E-state index in [-0.39, 0.29) is 30.6 Å². The molecule has 4 rings (SSSR count). The molecule has 1 saturated heterocycles. The van der Waals surface area contributed by atoms with Gasteiger partial charge in [-0.05, 0) is 30.9 Å². The molecule has 1 amide bonds. The lowest BCUT2D eigenvalue weighted by molar-refractivity contribution is -0.0450. The second kappa shape index (κ2) is 6.33. The van der Waals surface area contributed by atoms with Crippen molar-refractivity contribution in [3.05, 3.63) is 42.2 Å². The maximum atomic E-state index is 12.9. The minimum atomic E-state index is -0.117. The molecule has 0 radical (unpaired) electrons. The number of carbonyl (C=O) groups excluding carboxylic acids is 1. The number of aromatic nitrogens is 3. The van der Waals surface area contributed by atoms with Gasteiger partial charge in [0.1, 0.15) is 0 Å². The van der Waals surface area contributed by atoms with E-state index in [1.807, 2.05) is 35.2 Å². The van der Waals surface area contributed by atoms with Crippen molar-refractivity contribution >= 4 is 5.91 Å². The van der Waals surface area contributed by atoms with Crippen LogP contribution in [-0.2, 0) is 4.74 Å². The van der Waals surface area contributed by atoms with Crippen molar-refractivity contribution in [3.63, 3.8) is 0 Å². The minimum Gasteiger partial charge on any atom is -0.396 e. The molecule has 126 valence electrons. The average molecular weight is 328 g/mol. The molecule has 2 fully saturated rings. The van der Waals surface area contributed by atoms with Crippen molar-refractivity contribution in [1.82, 2.24) is 19.9 Å². The number of morpholine rings is 1. The third-order valence-corrected chi connectivity index (χ3v) is 4.89. The van der Waals surface area contributed by atoms with Gasteiger partial charge in [0.2, 0.25) is 0 Å². The maximum Gasteiger partial charge on any atom is 0.276 e. The standard InChI is InChI=1S/C17H20N4O3/c22-11-12-8-15-16(9-12)24-7-6-20(15)17(23)14-10-21(19-18-14)13-4-2-1-3-5-13/h1-5,10,12,15-16,22H,6-9,11H2/t12-,15+,16+/m1/s1. The summed E-state index contributed by atoms with van der Waals surface area (Å²) in [4.78, 5) is 14.7. The van der Waals surface area contributed by atoms with Crippen molar-refractivity contribution in [2.24, 2.45) is 5.92 Å². The molecule has 7 nitrogen and oxygen atoms in total. The summed E-state index contributed by atoms with van der Waals surface area (Å²) in [6.45, 7) is 1.22. The number of fused-ring (bicyclic) bond motifs is 1. The number of amides is 1. The quantitative estimate of drug-likeness (QED) is 0.905. The van der Waals surface area contributed by atoms with Crippen LogP contribution in [0.1, 0.15) is 23.3 Å². The number of nitrogens with zero attached hydrogens (tertiary/aromatic N) is 4. The zero-order valence-electron chi connectivity index (χ0n) is 13.3. The second-order valence-corrected chi connectivity index (χ2v) is 6.38. The smallest absolute Gasteiger partial charge is 0.276 e. The first-order chi connectivity index (χ1) is 11.8. The normalized spacial score (nSPS) is 26.4. The molecule has 1 aliphatic heterocycles. The Bertz CT molecular complexity index is 718. The predicted octanol–water partition coefficient (Wildman–Crippen LogP) is 0.879. The van der Waals surface area contributed by atoms with Crippen LogP contribution >= 0.6 is 0 Å². The van der Waals surface area contributed by atoms with Crippen molar-refractivity contribution in [3.8, 4) is 5.69 Å². The van der Waals surface area contributed by atoms with Crippen molar-refractivity contribution in [2.45, 2.75) is 25.0 Å². The Labute approximate surface area is 139 Å². The largest absolute Gasteiger partial charge is 0.396 e.